The second-order valence-electron chi connectivity index (χ2n) is 5.23. The monoisotopic (exact) mass is 235 g/mol. The lowest BCUT2D eigenvalue weighted by Gasteiger charge is -2.32. The fraction of sp³-hybridized carbons (Fsp3) is 0.538. The van der Waals surface area contributed by atoms with Crippen LogP contribution in [-0.4, -0.2) is 18.3 Å². The molecule has 0 amide bonds. The first-order valence-electron chi connectivity index (χ1n) is 5.85. The third kappa shape index (κ3) is 2.82. The predicted molar refractivity (Wildman–Crippen MR) is 72.3 cm³/mol. The highest BCUT2D eigenvalue weighted by molar-refractivity contribution is 6.55. The molecule has 0 aromatic heterocycles. The Morgan fingerprint density at radius 3 is 2.00 bits per heavy atom. The molecule has 1 rings (SSSR count). The van der Waals surface area contributed by atoms with E-state index < -0.39 is 7.12 Å². The average molecular weight is 235 g/mol. The summed E-state index contributed by atoms with van der Waals surface area (Å²) in [6.07, 6.45) is 5.38. The van der Waals surface area contributed by atoms with Gasteiger partial charge in [-0.1, -0.05) is 18.7 Å². The summed E-state index contributed by atoms with van der Waals surface area (Å²) in [5, 5.41) is 0. The van der Waals surface area contributed by atoms with Gasteiger partial charge in [-0.2, -0.15) is 0 Å². The van der Waals surface area contributed by atoms with Gasteiger partial charge in [-0.3, -0.25) is 0 Å². The lowest BCUT2D eigenvalue weighted by atomic mass is 9.77. The molecule has 0 bridgehead atoms. The van der Waals surface area contributed by atoms with Gasteiger partial charge in [0, 0.05) is 5.70 Å². The summed E-state index contributed by atoms with van der Waals surface area (Å²) in [6.45, 7) is 13.7. The molecule has 1 aliphatic heterocycles. The van der Waals surface area contributed by atoms with E-state index in [4.69, 9.17) is 15.0 Å². The van der Waals surface area contributed by atoms with Crippen LogP contribution in [0.2, 0.25) is 0 Å². The van der Waals surface area contributed by atoms with Crippen molar-refractivity contribution < 1.29 is 9.31 Å². The third-order valence-corrected chi connectivity index (χ3v) is 3.43. The lowest BCUT2D eigenvalue weighted by molar-refractivity contribution is 0.00578. The molecule has 0 unspecified atom stereocenters. The second kappa shape index (κ2) is 4.71. The first-order valence-corrected chi connectivity index (χ1v) is 5.85. The number of hydrogen-bond donors (Lipinski definition) is 1. The maximum Gasteiger partial charge on any atom is 0.494 e. The first-order chi connectivity index (χ1) is 7.73. The largest absolute Gasteiger partial charge is 0.494 e. The molecular formula is C13H22BNO2. The van der Waals surface area contributed by atoms with E-state index in [9.17, 15) is 0 Å². The summed E-state index contributed by atoms with van der Waals surface area (Å²) in [5.41, 5.74) is 6.61. The topological polar surface area (TPSA) is 44.5 Å². The van der Waals surface area contributed by atoms with Crippen molar-refractivity contribution in [1.29, 1.82) is 0 Å². The maximum absolute atomic E-state index is 5.92. The summed E-state index contributed by atoms with van der Waals surface area (Å²) >= 11 is 0. The van der Waals surface area contributed by atoms with Crippen molar-refractivity contribution in [3.63, 3.8) is 0 Å². The van der Waals surface area contributed by atoms with E-state index in [0.29, 0.717) is 5.70 Å². The Kier molecular flexibility index (Phi) is 3.90. The standard InChI is InChI=1S/C13H22BNO2/c1-7-10(9-11(15)8-2)14-16-12(3,4)13(5,6)17-14/h7-9H,1,15H2,2-6H3/b10-9+,11-8+. The summed E-state index contributed by atoms with van der Waals surface area (Å²) in [6, 6.07) is 0. The lowest BCUT2D eigenvalue weighted by Crippen LogP contribution is -2.41. The van der Waals surface area contributed by atoms with Gasteiger partial charge in [0.25, 0.3) is 0 Å². The van der Waals surface area contributed by atoms with Crippen molar-refractivity contribution in [2.45, 2.75) is 45.8 Å². The van der Waals surface area contributed by atoms with Crippen LogP contribution < -0.4 is 5.73 Å². The van der Waals surface area contributed by atoms with Crippen molar-refractivity contribution in [2.75, 3.05) is 0 Å². The van der Waals surface area contributed by atoms with Gasteiger partial charge in [-0.15, -0.1) is 0 Å². The van der Waals surface area contributed by atoms with Crippen LogP contribution in [0.25, 0.3) is 0 Å². The molecule has 0 radical (unpaired) electrons. The molecule has 1 saturated heterocycles. The van der Waals surface area contributed by atoms with Gasteiger partial charge < -0.3 is 15.0 Å². The molecule has 3 nitrogen and oxygen atoms in total. The molecule has 0 spiro atoms. The van der Waals surface area contributed by atoms with Crippen molar-refractivity contribution in [1.82, 2.24) is 0 Å². The van der Waals surface area contributed by atoms with Crippen molar-refractivity contribution in [3.05, 3.63) is 36.0 Å². The summed E-state index contributed by atoms with van der Waals surface area (Å²) in [5.74, 6) is 0. The zero-order valence-electron chi connectivity index (χ0n) is 11.4. The minimum absolute atomic E-state index is 0.343. The second-order valence-corrected chi connectivity index (χ2v) is 5.23. The van der Waals surface area contributed by atoms with Gasteiger partial charge in [0.05, 0.1) is 11.2 Å². The normalized spacial score (nSPS) is 23.9. The van der Waals surface area contributed by atoms with Crippen LogP contribution in [0.3, 0.4) is 0 Å². The molecule has 0 saturated carbocycles. The maximum atomic E-state index is 5.92. The van der Waals surface area contributed by atoms with E-state index in [1.54, 1.807) is 6.08 Å². The van der Waals surface area contributed by atoms with E-state index in [2.05, 4.69) is 6.58 Å². The van der Waals surface area contributed by atoms with E-state index in [0.717, 1.165) is 5.47 Å². The summed E-state index contributed by atoms with van der Waals surface area (Å²) in [7, 11) is -0.406. The van der Waals surface area contributed by atoms with Gasteiger partial charge in [0.1, 0.15) is 0 Å². The number of hydrogen-bond acceptors (Lipinski definition) is 3. The molecule has 4 heteroatoms. The molecule has 1 fully saturated rings. The third-order valence-electron chi connectivity index (χ3n) is 3.43. The number of allylic oxidation sites excluding steroid dienone is 4. The van der Waals surface area contributed by atoms with Crippen molar-refractivity contribution >= 4 is 7.12 Å². The van der Waals surface area contributed by atoms with Crippen LogP contribution in [0.1, 0.15) is 34.6 Å². The van der Waals surface area contributed by atoms with E-state index >= 15 is 0 Å². The highest BCUT2D eigenvalue weighted by Crippen LogP contribution is 2.38. The van der Waals surface area contributed by atoms with E-state index in [1.165, 1.54) is 0 Å². The molecular weight excluding hydrogens is 213 g/mol. The predicted octanol–water partition coefficient (Wildman–Crippen LogP) is 2.59. The van der Waals surface area contributed by atoms with Gasteiger partial charge in [0.2, 0.25) is 0 Å². The Morgan fingerprint density at radius 1 is 1.18 bits per heavy atom. The minimum atomic E-state index is -0.406. The molecule has 17 heavy (non-hydrogen) atoms. The molecule has 0 atom stereocenters. The van der Waals surface area contributed by atoms with Crippen LogP contribution in [0.15, 0.2) is 36.0 Å². The fourth-order valence-corrected chi connectivity index (χ4v) is 1.48. The summed E-state index contributed by atoms with van der Waals surface area (Å²) < 4.78 is 11.8. The zero-order chi connectivity index (χ0) is 13.3. The molecule has 0 aromatic carbocycles. The van der Waals surface area contributed by atoms with Crippen LogP contribution in [0.5, 0.6) is 0 Å². The molecule has 1 aliphatic rings. The summed E-state index contributed by atoms with van der Waals surface area (Å²) in [4.78, 5) is 0. The quantitative estimate of drug-likeness (QED) is 0.604. The van der Waals surface area contributed by atoms with Gasteiger partial charge in [-0.25, -0.2) is 0 Å². The van der Waals surface area contributed by atoms with E-state index in [1.807, 2.05) is 46.8 Å². The SMILES string of the molecule is C=C/C(=C\C(N)=C/C)B1OC(C)(C)C(C)(C)O1. The molecule has 0 aromatic rings. The Morgan fingerprint density at radius 2 is 1.65 bits per heavy atom. The average Bonchev–Trinajstić information content (AvgIpc) is 2.44. The van der Waals surface area contributed by atoms with Gasteiger partial charge >= 0.3 is 7.12 Å². The highest BCUT2D eigenvalue weighted by Gasteiger charge is 2.51. The zero-order valence-corrected chi connectivity index (χ0v) is 11.4. The Hall–Kier alpha value is -0.995. The van der Waals surface area contributed by atoms with Gasteiger partial charge in [0.15, 0.2) is 0 Å². The van der Waals surface area contributed by atoms with Crippen LogP contribution in [-0.2, 0) is 9.31 Å². The molecule has 2 N–H and O–H groups in total. The first kappa shape index (κ1) is 14.1. The molecule has 1 heterocycles. The Bertz CT molecular complexity index is 354. The van der Waals surface area contributed by atoms with Crippen molar-refractivity contribution in [2.24, 2.45) is 5.73 Å². The van der Waals surface area contributed by atoms with E-state index in [-0.39, 0.29) is 11.2 Å². The van der Waals surface area contributed by atoms with Crippen molar-refractivity contribution in [3.8, 4) is 0 Å². The van der Waals surface area contributed by atoms with Crippen LogP contribution in [0, 0.1) is 0 Å². The molecule has 94 valence electrons. The molecule has 0 aliphatic carbocycles. The minimum Gasteiger partial charge on any atom is -0.399 e. The van der Waals surface area contributed by atoms with Crippen LogP contribution >= 0.6 is 0 Å². The van der Waals surface area contributed by atoms with Gasteiger partial charge in [-0.05, 0) is 46.2 Å². The number of rotatable bonds is 3. The smallest absolute Gasteiger partial charge is 0.399 e. The number of nitrogens with two attached hydrogens (primary N) is 1. The highest BCUT2D eigenvalue weighted by atomic mass is 16.7. The van der Waals surface area contributed by atoms with Crippen LogP contribution in [0.4, 0.5) is 0 Å². The Labute approximate surface area is 105 Å². The Balaban J connectivity index is 2.97. The fourth-order valence-electron chi connectivity index (χ4n) is 1.48.